The molecule has 2 aromatic rings. The minimum absolute atomic E-state index is 0.0490. The number of carbonyl (C=O) groups is 1. The summed E-state index contributed by atoms with van der Waals surface area (Å²) < 4.78 is 16.7. The lowest BCUT2D eigenvalue weighted by molar-refractivity contribution is 0.101. The van der Waals surface area contributed by atoms with Gasteiger partial charge in [0.05, 0.1) is 26.4 Å². The molecule has 0 atom stereocenters. The van der Waals surface area contributed by atoms with E-state index in [-0.39, 0.29) is 11.5 Å². The van der Waals surface area contributed by atoms with Crippen molar-refractivity contribution in [1.29, 1.82) is 0 Å². The van der Waals surface area contributed by atoms with Crippen LogP contribution in [0.5, 0.6) is 23.0 Å². The number of methoxy groups -OCH3 is 2. The number of hydrogen-bond donors (Lipinski definition) is 1. The number of unbranched alkanes of at least 4 members (excludes halogenated alkanes) is 1. The minimum Gasteiger partial charge on any atom is -0.507 e. The zero-order valence-electron chi connectivity index (χ0n) is 17.2. The van der Waals surface area contributed by atoms with Gasteiger partial charge in [-0.05, 0) is 56.4 Å². The first-order valence-corrected chi connectivity index (χ1v) is 9.71. The maximum Gasteiger partial charge on any atom is 0.163 e. The summed E-state index contributed by atoms with van der Waals surface area (Å²) >= 11 is 0. The molecule has 0 fully saturated rings. The fraction of sp³-hybridized carbons (Fsp3) is 0.435. The van der Waals surface area contributed by atoms with E-state index < -0.39 is 0 Å². The standard InChI is InChI=1S/C23H30O5/c1-5-9-19-20(14-13-18(16(2)24)22(19)25)28-15-7-6-10-17-11-8-12-21(26-3)23(17)27-4/h8,11-14,25H,5-7,9-10,15H2,1-4H3. The number of carbonyl (C=O) groups excluding carboxylic acids is 1. The minimum atomic E-state index is -0.145. The first-order valence-electron chi connectivity index (χ1n) is 9.71. The maximum absolute atomic E-state index is 11.6. The van der Waals surface area contributed by atoms with Gasteiger partial charge in [-0.15, -0.1) is 0 Å². The van der Waals surface area contributed by atoms with Crippen molar-refractivity contribution in [2.45, 2.75) is 46.0 Å². The SMILES string of the molecule is CCCc1c(OCCCCc2cccc(OC)c2OC)ccc(C(C)=O)c1O. The van der Waals surface area contributed by atoms with Crippen LogP contribution in [0, 0.1) is 0 Å². The van der Waals surface area contributed by atoms with Crippen LogP contribution >= 0.6 is 0 Å². The summed E-state index contributed by atoms with van der Waals surface area (Å²) in [4.78, 5) is 11.6. The molecule has 2 rings (SSSR count). The molecule has 0 amide bonds. The molecule has 0 saturated heterocycles. The van der Waals surface area contributed by atoms with E-state index in [2.05, 4.69) is 0 Å². The van der Waals surface area contributed by atoms with Crippen LogP contribution in [0.4, 0.5) is 0 Å². The van der Waals surface area contributed by atoms with E-state index in [9.17, 15) is 9.90 Å². The van der Waals surface area contributed by atoms with Crippen molar-refractivity contribution in [2.24, 2.45) is 0 Å². The van der Waals surface area contributed by atoms with Gasteiger partial charge >= 0.3 is 0 Å². The highest BCUT2D eigenvalue weighted by Gasteiger charge is 2.16. The molecular formula is C23H30O5. The van der Waals surface area contributed by atoms with Crippen LogP contribution in [0.2, 0.25) is 0 Å². The smallest absolute Gasteiger partial charge is 0.163 e. The van der Waals surface area contributed by atoms with E-state index in [1.54, 1.807) is 26.4 Å². The van der Waals surface area contributed by atoms with Crippen LogP contribution in [-0.4, -0.2) is 31.7 Å². The molecule has 0 aromatic heterocycles. The summed E-state index contributed by atoms with van der Waals surface area (Å²) in [5.41, 5.74) is 2.17. The molecule has 0 spiro atoms. The normalized spacial score (nSPS) is 10.6. The molecule has 0 heterocycles. The first kappa shape index (κ1) is 21.6. The molecule has 0 unspecified atom stereocenters. The van der Waals surface area contributed by atoms with Crippen LogP contribution in [0.25, 0.3) is 0 Å². The van der Waals surface area contributed by atoms with E-state index in [0.717, 1.165) is 42.7 Å². The molecule has 152 valence electrons. The van der Waals surface area contributed by atoms with Gasteiger partial charge in [-0.3, -0.25) is 4.79 Å². The van der Waals surface area contributed by atoms with Crippen LogP contribution in [0.15, 0.2) is 30.3 Å². The zero-order valence-corrected chi connectivity index (χ0v) is 17.2. The number of hydrogen-bond acceptors (Lipinski definition) is 5. The third-order valence-electron chi connectivity index (χ3n) is 4.70. The number of ketones is 1. The Balaban J connectivity index is 1.96. The molecule has 0 saturated carbocycles. The van der Waals surface area contributed by atoms with Gasteiger partial charge in [0.15, 0.2) is 17.3 Å². The van der Waals surface area contributed by atoms with Crippen molar-refractivity contribution in [3.63, 3.8) is 0 Å². The number of aryl methyl sites for hydroxylation is 1. The Bertz CT molecular complexity index is 798. The number of aromatic hydroxyl groups is 1. The largest absolute Gasteiger partial charge is 0.507 e. The van der Waals surface area contributed by atoms with Crippen molar-refractivity contribution in [3.05, 3.63) is 47.0 Å². The maximum atomic E-state index is 11.6. The lowest BCUT2D eigenvalue weighted by Crippen LogP contribution is -2.04. The number of phenolic OH excluding ortho intramolecular Hbond substituents is 1. The van der Waals surface area contributed by atoms with Gasteiger partial charge in [0.1, 0.15) is 11.5 Å². The lowest BCUT2D eigenvalue weighted by Gasteiger charge is -2.15. The summed E-state index contributed by atoms with van der Waals surface area (Å²) in [7, 11) is 3.28. The fourth-order valence-corrected chi connectivity index (χ4v) is 3.28. The first-order chi connectivity index (χ1) is 13.5. The van der Waals surface area contributed by atoms with Crippen LogP contribution in [-0.2, 0) is 12.8 Å². The Kier molecular flexibility index (Phi) is 8.18. The predicted molar refractivity (Wildman–Crippen MR) is 110 cm³/mol. The highest BCUT2D eigenvalue weighted by Crippen LogP contribution is 2.34. The number of benzene rings is 2. The van der Waals surface area contributed by atoms with Gasteiger partial charge in [0.25, 0.3) is 0 Å². The molecule has 2 aromatic carbocycles. The fourth-order valence-electron chi connectivity index (χ4n) is 3.28. The van der Waals surface area contributed by atoms with Gasteiger partial charge in [-0.1, -0.05) is 25.5 Å². The van der Waals surface area contributed by atoms with Gasteiger partial charge in [-0.2, -0.15) is 0 Å². The second kappa shape index (κ2) is 10.6. The molecule has 0 aliphatic carbocycles. The topological polar surface area (TPSA) is 65.0 Å². The molecule has 5 heteroatoms. The van der Waals surface area contributed by atoms with E-state index in [0.29, 0.717) is 29.9 Å². The Morgan fingerprint density at radius 3 is 2.43 bits per heavy atom. The average Bonchev–Trinajstić information content (AvgIpc) is 2.69. The number of para-hydroxylation sites is 1. The second-order valence-electron chi connectivity index (χ2n) is 6.70. The summed E-state index contributed by atoms with van der Waals surface area (Å²) in [6.45, 7) is 4.03. The Labute approximate surface area is 167 Å². The van der Waals surface area contributed by atoms with Crippen molar-refractivity contribution in [3.8, 4) is 23.0 Å². The summed E-state index contributed by atoms with van der Waals surface area (Å²) in [5, 5.41) is 10.4. The average molecular weight is 386 g/mol. The molecule has 1 N–H and O–H groups in total. The summed E-state index contributed by atoms with van der Waals surface area (Å²) in [6, 6.07) is 9.31. The Morgan fingerprint density at radius 2 is 1.79 bits per heavy atom. The number of Topliss-reactive ketones (excluding diaryl/α,β-unsaturated/α-hetero) is 1. The van der Waals surface area contributed by atoms with Crippen LogP contribution in [0.3, 0.4) is 0 Å². The molecule has 0 aliphatic rings. The molecule has 28 heavy (non-hydrogen) atoms. The number of phenols is 1. The molecule has 5 nitrogen and oxygen atoms in total. The van der Waals surface area contributed by atoms with Crippen molar-refractivity contribution in [1.82, 2.24) is 0 Å². The molecule has 0 aliphatic heterocycles. The highest BCUT2D eigenvalue weighted by molar-refractivity contribution is 5.97. The van der Waals surface area contributed by atoms with Crippen molar-refractivity contribution < 1.29 is 24.1 Å². The Hall–Kier alpha value is -2.69. The Morgan fingerprint density at radius 1 is 1.00 bits per heavy atom. The van der Waals surface area contributed by atoms with Gasteiger partial charge in [-0.25, -0.2) is 0 Å². The lowest BCUT2D eigenvalue weighted by atomic mass is 10.0. The number of ether oxygens (including phenoxy) is 3. The quantitative estimate of drug-likeness (QED) is 0.436. The van der Waals surface area contributed by atoms with E-state index in [4.69, 9.17) is 14.2 Å². The summed E-state index contributed by atoms with van der Waals surface area (Å²) in [6.07, 6.45) is 4.19. The van der Waals surface area contributed by atoms with E-state index >= 15 is 0 Å². The van der Waals surface area contributed by atoms with Crippen molar-refractivity contribution >= 4 is 5.78 Å². The van der Waals surface area contributed by atoms with Gasteiger partial charge < -0.3 is 19.3 Å². The van der Waals surface area contributed by atoms with Crippen molar-refractivity contribution in [2.75, 3.05) is 20.8 Å². The third-order valence-corrected chi connectivity index (χ3v) is 4.70. The molecule has 0 bridgehead atoms. The summed E-state index contributed by atoms with van der Waals surface area (Å²) in [5.74, 6) is 2.08. The highest BCUT2D eigenvalue weighted by atomic mass is 16.5. The van der Waals surface area contributed by atoms with Gasteiger partial charge in [0.2, 0.25) is 0 Å². The number of rotatable bonds is 11. The molecule has 0 radical (unpaired) electrons. The van der Waals surface area contributed by atoms with Gasteiger partial charge in [0, 0.05) is 5.56 Å². The van der Waals surface area contributed by atoms with Crippen LogP contribution in [0.1, 0.15) is 54.6 Å². The van der Waals surface area contributed by atoms with E-state index in [1.165, 1.54) is 6.92 Å². The van der Waals surface area contributed by atoms with E-state index in [1.807, 2.05) is 25.1 Å². The predicted octanol–water partition coefficient (Wildman–Crippen LogP) is 4.97. The van der Waals surface area contributed by atoms with Crippen LogP contribution < -0.4 is 14.2 Å². The zero-order chi connectivity index (χ0) is 20.5. The molecular weight excluding hydrogens is 356 g/mol. The monoisotopic (exact) mass is 386 g/mol. The second-order valence-corrected chi connectivity index (χ2v) is 6.70. The third kappa shape index (κ3) is 5.18.